The molecule has 2 aromatic heterocycles. The average molecular weight is 356 g/mol. The molecule has 0 aliphatic carbocycles. The molecule has 0 saturated carbocycles. The van der Waals surface area contributed by atoms with E-state index in [1.165, 1.54) is 0 Å². The lowest BCUT2D eigenvalue weighted by Crippen LogP contribution is -2.05. The molecule has 124 valence electrons. The molecule has 3 heteroatoms. The molecule has 0 amide bonds. The lowest BCUT2D eigenvalue weighted by atomic mass is 10.0. The van der Waals surface area contributed by atoms with Crippen LogP contribution in [0, 0.1) is 0 Å². The molecule has 5 aromatic rings. The largest absolute Gasteiger partial charge is 0.312 e. The van der Waals surface area contributed by atoms with Crippen molar-refractivity contribution in [2.75, 3.05) is 0 Å². The van der Waals surface area contributed by atoms with Gasteiger partial charge in [0.1, 0.15) is 5.69 Å². The predicted octanol–water partition coefficient (Wildman–Crippen LogP) is 6.13. The molecule has 0 spiro atoms. The topological polar surface area (TPSA) is 21.5 Å². The molecular formula is C23H14ClNO. The number of hydrogen-bond donors (Lipinski definition) is 0. The highest BCUT2D eigenvalue weighted by Gasteiger charge is 2.20. The second-order valence-corrected chi connectivity index (χ2v) is 6.79. The summed E-state index contributed by atoms with van der Waals surface area (Å²) in [5.41, 5.74) is 2.38. The minimum absolute atomic E-state index is 0.00634. The van der Waals surface area contributed by atoms with E-state index < -0.39 is 0 Å². The van der Waals surface area contributed by atoms with Crippen LogP contribution in [0.2, 0.25) is 5.02 Å². The van der Waals surface area contributed by atoms with Crippen molar-refractivity contribution in [3.63, 3.8) is 0 Å². The summed E-state index contributed by atoms with van der Waals surface area (Å²) in [6.45, 7) is 0. The molecule has 0 unspecified atom stereocenters. The number of rotatable bonds is 2. The van der Waals surface area contributed by atoms with Gasteiger partial charge < -0.3 is 4.40 Å². The number of benzene rings is 3. The molecular weight excluding hydrogens is 342 g/mol. The van der Waals surface area contributed by atoms with Crippen LogP contribution in [0.25, 0.3) is 27.1 Å². The van der Waals surface area contributed by atoms with E-state index in [4.69, 9.17) is 11.6 Å². The van der Waals surface area contributed by atoms with Gasteiger partial charge in [0.2, 0.25) is 5.78 Å². The van der Waals surface area contributed by atoms with Gasteiger partial charge in [0.05, 0.1) is 5.52 Å². The minimum Gasteiger partial charge on any atom is -0.312 e. The van der Waals surface area contributed by atoms with Gasteiger partial charge in [-0.25, -0.2) is 0 Å². The molecule has 0 N–H and O–H groups in total. The Labute approximate surface area is 155 Å². The maximum absolute atomic E-state index is 13.3. The molecule has 0 fully saturated rings. The Morgan fingerprint density at radius 3 is 2.15 bits per heavy atom. The summed E-state index contributed by atoms with van der Waals surface area (Å²) in [4.78, 5) is 13.3. The number of nitrogens with zero attached hydrogens (tertiary/aromatic N) is 1. The molecule has 5 rings (SSSR count). The van der Waals surface area contributed by atoms with Crippen LogP contribution in [-0.4, -0.2) is 10.2 Å². The van der Waals surface area contributed by atoms with Crippen LogP contribution in [0.1, 0.15) is 16.1 Å². The van der Waals surface area contributed by atoms with E-state index in [0.29, 0.717) is 16.3 Å². The third-order valence-electron chi connectivity index (χ3n) is 4.86. The van der Waals surface area contributed by atoms with Crippen LogP contribution >= 0.6 is 11.6 Å². The average Bonchev–Trinajstić information content (AvgIpc) is 3.03. The fourth-order valence-corrected chi connectivity index (χ4v) is 3.80. The number of pyridine rings is 1. The van der Waals surface area contributed by atoms with Crippen LogP contribution in [0.15, 0.2) is 85.1 Å². The first kappa shape index (κ1) is 15.2. The summed E-state index contributed by atoms with van der Waals surface area (Å²) in [6.07, 6.45) is 1.99. The molecule has 0 saturated heterocycles. The number of halogens is 1. The SMILES string of the molecule is O=C(c1ccc(Cl)cc1)c1c2ccccc2c2c3ccccc3ccn12. The molecule has 26 heavy (non-hydrogen) atoms. The highest BCUT2D eigenvalue weighted by molar-refractivity contribution is 6.30. The fourth-order valence-electron chi connectivity index (χ4n) is 3.67. The van der Waals surface area contributed by atoms with Gasteiger partial charge in [-0.05, 0) is 35.7 Å². The fraction of sp³-hybridized carbons (Fsp3) is 0. The van der Waals surface area contributed by atoms with Crippen molar-refractivity contribution < 1.29 is 4.79 Å². The quantitative estimate of drug-likeness (QED) is 0.349. The summed E-state index contributed by atoms with van der Waals surface area (Å²) >= 11 is 5.98. The highest BCUT2D eigenvalue weighted by Crippen LogP contribution is 2.33. The van der Waals surface area contributed by atoms with Gasteiger partial charge in [0.25, 0.3) is 0 Å². The van der Waals surface area contributed by atoms with Gasteiger partial charge in [-0.15, -0.1) is 0 Å². The summed E-state index contributed by atoms with van der Waals surface area (Å²) in [6, 6.07) is 25.5. The predicted molar refractivity (Wildman–Crippen MR) is 107 cm³/mol. The number of aromatic nitrogens is 1. The van der Waals surface area contributed by atoms with Gasteiger partial charge in [0, 0.05) is 32.9 Å². The number of carbonyl (C=O) groups excluding carboxylic acids is 1. The Morgan fingerprint density at radius 1 is 0.731 bits per heavy atom. The maximum Gasteiger partial charge on any atom is 0.210 e. The number of ketones is 1. The van der Waals surface area contributed by atoms with Gasteiger partial charge >= 0.3 is 0 Å². The minimum atomic E-state index is -0.00634. The standard InChI is InChI=1S/C23H14ClNO/c24-17-11-9-16(10-12-17)23(26)22-20-8-4-3-7-19(20)21-18-6-2-1-5-15(18)13-14-25(21)22/h1-14H. The Kier molecular flexibility index (Phi) is 3.34. The molecule has 2 heterocycles. The van der Waals surface area contributed by atoms with E-state index in [1.54, 1.807) is 24.3 Å². The van der Waals surface area contributed by atoms with Gasteiger partial charge in [-0.2, -0.15) is 0 Å². The van der Waals surface area contributed by atoms with Crippen LogP contribution in [0.3, 0.4) is 0 Å². The molecule has 2 nitrogen and oxygen atoms in total. The van der Waals surface area contributed by atoms with Crippen LogP contribution in [-0.2, 0) is 0 Å². The second-order valence-electron chi connectivity index (χ2n) is 6.35. The normalized spacial score (nSPS) is 11.4. The van der Waals surface area contributed by atoms with Crippen molar-refractivity contribution in [1.29, 1.82) is 0 Å². The highest BCUT2D eigenvalue weighted by atomic mass is 35.5. The van der Waals surface area contributed by atoms with Gasteiger partial charge in [-0.3, -0.25) is 4.79 Å². The Morgan fingerprint density at radius 2 is 1.38 bits per heavy atom. The lowest BCUT2D eigenvalue weighted by Gasteiger charge is -2.06. The summed E-state index contributed by atoms with van der Waals surface area (Å²) in [7, 11) is 0. The van der Waals surface area contributed by atoms with E-state index in [-0.39, 0.29) is 5.78 Å². The molecule has 0 aliphatic heterocycles. The smallest absolute Gasteiger partial charge is 0.210 e. The Balaban J connectivity index is 1.91. The van der Waals surface area contributed by atoms with E-state index in [2.05, 4.69) is 24.3 Å². The zero-order chi connectivity index (χ0) is 17.7. The van der Waals surface area contributed by atoms with Gasteiger partial charge in [-0.1, -0.05) is 60.1 Å². The second kappa shape index (κ2) is 5.72. The van der Waals surface area contributed by atoms with Crippen molar-refractivity contribution in [2.24, 2.45) is 0 Å². The Bertz CT molecular complexity index is 1300. The first-order valence-corrected chi connectivity index (χ1v) is 8.82. The number of fused-ring (bicyclic) bond motifs is 5. The third-order valence-corrected chi connectivity index (χ3v) is 5.11. The van der Waals surface area contributed by atoms with Crippen LogP contribution in [0.5, 0.6) is 0 Å². The maximum atomic E-state index is 13.3. The summed E-state index contributed by atoms with van der Waals surface area (Å²) in [5.74, 6) is -0.00634. The molecule has 0 aliphatic rings. The zero-order valence-corrected chi connectivity index (χ0v) is 14.6. The number of carbonyl (C=O) groups is 1. The lowest BCUT2D eigenvalue weighted by molar-refractivity contribution is 0.103. The third kappa shape index (κ3) is 2.16. The molecule has 0 bridgehead atoms. The van der Waals surface area contributed by atoms with E-state index in [0.717, 1.165) is 27.1 Å². The van der Waals surface area contributed by atoms with E-state index >= 15 is 0 Å². The monoisotopic (exact) mass is 355 g/mol. The number of hydrogen-bond acceptors (Lipinski definition) is 1. The van der Waals surface area contributed by atoms with Crippen molar-refractivity contribution in [3.05, 3.63) is 101 Å². The Hall–Kier alpha value is -3.10. The molecule has 3 aromatic carbocycles. The summed E-state index contributed by atoms with van der Waals surface area (Å²) < 4.78 is 2.02. The first-order chi connectivity index (χ1) is 12.7. The summed E-state index contributed by atoms with van der Waals surface area (Å²) in [5, 5.41) is 4.97. The van der Waals surface area contributed by atoms with Gasteiger partial charge in [0.15, 0.2) is 0 Å². The van der Waals surface area contributed by atoms with E-state index in [9.17, 15) is 4.79 Å². The van der Waals surface area contributed by atoms with Crippen molar-refractivity contribution in [1.82, 2.24) is 4.40 Å². The zero-order valence-electron chi connectivity index (χ0n) is 13.8. The van der Waals surface area contributed by atoms with E-state index in [1.807, 2.05) is 40.9 Å². The van der Waals surface area contributed by atoms with Crippen molar-refractivity contribution in [2.45, 2.75) is 0 Å². The van der Waals surface area contributed by atoms with Crippen LogP contribution in [0.4, 0.5) is 0 Å². The first-order valence-electron chi connectivity index (χ1n) is 8.45. The molecule has 0 radical (unpaired) electrons. The van der Waals surface area contributed by atoms with Crippen molar-refractivity contribution >= 4 is 44.4 Å². The van der Waals surface area contributed by atoms with Crippen molar-refractivity contribution in [3.8, 4) is 0 Å². The van der Waals surface area contributed by atoms with Crippen LogP contribution < -0.4 is 0 Å². The molecule has 0 atom stereocenters.